The van der Waals surface area contributed by atoms with Gasteiger partial charge in [-0.15, -0.1) is 0 Å². The lowest BCUT2D eigenvalue weighted by Gasteiger charge is -2.04. The minimum absolute atomic E-state index is 0.898. The zero-order valence-electron chi connectivity index (χ0n) is 17.4. The van der Waals surface area contributed by atoms with Crippen molar-refractivity contribution in [1.29, 1.82) is 0 Å². The largest absolute Gasteiger partial charge is 0.456 e. The van der Waals surface area contributed by atoms with Crippen LogP contribution in [-0.2, 0) is 12.8 Å². The maximum Gasteiger partial charge on any atom is 0.134 e. The molecular formula is C30H24O. The van der Waals surface area contributed by atoms with Gasteiger partial charge in [0.15, 0.2) is 0 Å². The zero-order chi connectivity index (χ0) is 20.9. The highest BCUT2D eigenvalue weighted by atomic mass is 16.3. The molecule has 0 aliphatic carbocycles. The number of benzene rings is 4. The van der Waals surface area contributed by atoms with E-state index in [4.69, 9.17) is 4.42 Å². The Morgan fingerprint density at radius 3 is 1.10 bits per heavy atom. The summed E-state index contributed by atoms with van der Waals surface area (Å²) in [6.45, 7) is 0. The molecule has 0 saturated carbocycles. The Hall–Kier alpha value is -3.84. The molecule has 1 heteroatoms. The van der Waals surface area contributed by atoms with Crippen molar-refractivity contribution in [2.24, 2.45) is 0 Å². The third-order valence-corrected chi connectivity index (χ3v) is 5.59. The van der Waals surface area contributed by atoms with Gasteiger partial charge in [0.25, 0.3) is 0 Å². The van der Waals surface area contributed by atoms with Crippen molar-refractivity contribution in [3.05, 3.63) is 144 Å². The van der Waals surface area contributed by atoms with Gasteiger partial charge in [0.05, 0.1) is 0 Å². The summed E-state index contributed by atoms with van der Waals surface area (Å²) >= 11 is 0. The number of hydrogen-bond acceptors (Lipinski definition) is 1. The molecule has 0 amide bonds. The Balaban J connectivity index is 1.28. The average molecular weight is 401 g/mol. The van der Waals surface area contributed by atoms with Gasteiger partial charge < -0.3 is 4.42 Å². The predicted molar refractivity (Wildman–Crippen MR) is 128 cm³/mol. The number of rotatable bonds is 6. The van der Waals surface area contributed by atoms with Crippen LogP contribution in [0.3, 0.4) is 0 Å². The Kier molecular flexibility index (Phi) is 5.49. The summed E-state index contributed by atoms with van der Waals surface area (Å²) in [7, 11) is 0. The summed E-state index contributed by atoms with van der Waals surface area (Å²) in [5.74, 6) is 1.80. The first-order valence-corrected chi connectivity index (χ1v) is 10.7. The monoisotopic (exact) mass is 400 g/mol. The highest BCUT2D eigenvalue weighted by Gasteiger charge is 2.08. The first-order chi connectivity index (χ1) is 15.3. The molecule has 31 heavy (non-hydrogen) atoms. The molecule has 0 spiro atoms. The van der Waals surface area contributed by atoms with Crippen molar-refractivity contribution in [2.75, 3.05) is 0 Å². The highest BCUT2D eigenvalue weighted by molar-refractivity contribution is 5.65. The third-order valence-electron chi connectivity index (χ3n) is 5.59. The molecule has 0 atom stereocenters. The van der Waals surface area contributed by atoms with Gasteiger partial charge in [-0.25, -0.2) is 0 Å². The van der Waals surface area contributed by atoms with Crippen LogP contribution in [-0.4, -0.2) is 0 Å². The molecule has 1 aromatic heterocycles. The lowest BCUT2D eigenvalue weighted by molar-refractivity contribution is 0.597. The Bertz CT molecular complexity index is 1130. The maximum absolute atomic E-state index is 6.17. The van der Waals surface area contributed by atoms with E-state index in [1.807, 2.05) is 0 Å². The second-order valence-corrected chi connectivity index (χ2v) is 7.88. The fraction of sp³-hybridized carbons (Fsp3) is 0.0667. The molecular weight excluding hydrogens is 376 g/mol. The maximum atomic E-state index is 6.17. The minimum atomic E-state index is 0.898. The molecule has 0 fully saturated rings. The second kappa shape index (κ2) is 8.89. The van der Waals surface area contributed by atoms with E-state index >= 15 is 0 Å². The van der Waals surface area contributed by atoms with E-state index in [1.165, 1.54) is 22.3 Å². The Morgan fingerprint density at radius 2 is 0.710 bits per heavy atom. The first-order valence-electron chi connectivity index (χ1n) is 10.7. The smallest absolute Gasteiger partial charge is 0.134 e. The van der Waals surface area contributed by atoms with Crippen molar-refractivity contribution in [3.63, 3.8) is 0 Å². The molecule has 0 saturated heterocycles. The van der Waals surface area contributed by atoms with E-state index in [2.05, 4.69) is 121 Å². The van der Waals surface area contributed by atoms with Crippen molar-refractivity contribution in [3.8, 4) is 22.6 Å². The molecule has 0 aliphatic rings. The molecule has 5 aromatic rings. The average Bonchev–Trinajstić information content (AvgIpc) is 3.32. The standard InChI is InChI=1S/C30H24O/c1-3-7-23(8-4-1)21-25-11-15-27(16-12-25)29-19-20-30(31-29)28-17-13-26(14-18-28)22-24-9-5-2-6-10-24/h1-20H,21-22H2. The molecule has 5 rings (SSSR count). The van der Waals surface area contributed by atoms with Crippen LogP contribution >= 0.6 is 0 Å². The third kappa shape index (κ3) is 4.67. The first kappa shape index (κ1) is 19.1. The van der Waals surface area contributed by atoms with Crippen molar-refractivity contribution in [2.45, 2.75) is 12.8 Å². The molecule has 0 unspecified atom stereocenters. The van der Waals surface area contributed by atoms with Crippen LogP contribution < -0.4 is 0 Å². The molecule has 0 bridgehead atoms. The zero-order valence-corrected chi connectivity index (χ0v) is 17.4. The van der Waals surface area contributed by atoms with Gasteiger partial charge in [-0.2, -0.15) is 0 Å². The van der Waals surface area contributed by atoms with E-state index in [1.54, 1.807) is 0 Å². The van der Waals surface area contributed by atoms with Gasteiger partial charge >= 0.3 is 0 Å². The van der Waals surface area contributed by atoms with Crippen molar-refractivity contribution < 1.29 is 4.42 Å². The van der Waals surface area contributed by atoms with Gasteiger partial charge in [0.2, 0.25) is 0 Å². The summed E-state index contributed by atoms with van der Waals surface area (Å²) in [6.07, 6.45) is 1.89. The number of hydrogen-bond donors (Lipinski definition) is 0. The fourth-order valence-electron chi connectivity index (χ4n) is 3.89. The van der Waals surface area contributed by atoms with Crippen molar-refractivity contribution in [1.82, 2.24) is 0 Å². The van der Waals surface area contributed by atoms with Gasteiger partial charge in [-0.3, -0.25) is 0 Å². The van der Waals surface area contributed by atoms with Crippen LogP contribution in [0.2, 0.25) is 0 Å². The molecule has 0 radical (unpaired) electrons. The van der Waals surface area contributed by atoms with Crippen LogP contribution in [0.1, 0.15) is 22.3 Å². The summed E-state index contributed by atoms with van der Waals surface area (Å²) in [6, 6.07) is 42.5. The topological polar surface area (TPSA) is 13.1 Å². The molecule has 1 nitrogen and oxygen atoms in total. The molecule has 0 aliphatic heterocycles. The number of furan rings is 1. The fourth-order valence-corrected chi connectivity index (χ4v) is 3.89. The van der Waals surface area contributed by atoms with Crippen LogP contribution in [0.4, 0.5) is 0 Å². The molecule has 150 valence electrons. The summed E-state index contributed by atoms with van der Waals surface area (Å²) in [5, 5.41) is 0. The van der Waals surface area contributed by atoms with E-state index in [-0.39, 0.29) is 0 Å². The van der Waals surface area contributed by atoms with Gasteiger partial charge in [0, 0.05) is 11.1 Å². The molecule has 0 N–H and O–H groups in total. The normalized spacial score (nSPS) is 10.8. The van der Waals surface area contributed by atoms with Gasteiger partial charge in [-0.1, -0.05) is 109 Å². The van der Waals surface area contributed by atoms with Crippen LogP contribution in [0.5, 0.6) is 0 Å². The Labute approximate surface area is 183 Å². The Morgan fingerprint density at radius 1 is 0.355 bits per heavy atom. The second-order valence-electron chi connectivity index (χ2n) is 7.88. The van der Waals surface area contributed by atoms with Gasteiger partial charge in [-0.05, 0) is 47.2 Å². The minimum Gasteiger partial charge on any atom is -0.456 e. The van der Waals surface area contributed by atoms with E-state index in [9.17, 15) is 0 Å². The summed E-state index contributed by atoms with van der Waals surface area (Å²) < 4.78 is 6.17. The van der Waals surface area contributed by atoms with Crippen LogP contribution in [0, 0.1) is 0 Å². The van der Waals surface area contributed by atoms with Crippen molar-refractivity contribution >= 4 is 0 Å². The van der Waals surface area contributed by atoms with E-state index in [0.29, 0.717) is 0 Å². The highest BCUT2D eigenvalue weighted by Crippen LogP contribution is 2.29. The lowest BCUT2D eigenvalue weighted by atomic mass is 10.0. The quantitative estimate of drug-likeness (QED) is 0.283. The SMILES string of the molecule is c1ccc(Cc2ccc(-c3ccc(-c4ccc(Cc5ccccc5)cc4)o3)cc2)cc1. The van der Waals surface area contributed by atoms with Crippen LogP contribution in [0.15, 0.2) is 126 Å². The van der Waals surface area contributed by atoms with Gasteiger partial charge in [0.1, 0.15) is 11.5 Å². The summed E-state index contributed by atoms with van der Waals surface area (Å²) in [4.78, 5) is 0. The van der Waals surface area contributed by atoms with E-state index < -0.39 is 0 Å². The van der Waals surface area contributed by atoms with E-state index in [0.717, 1.165) is 35.5 Å². The predicted octanol–water partition coefficient (Wildman–Crippen LogP) is 7.80. The lowest BCUT2D eigenvalue weighted by Crippen LogP contribution is -1.87. The molecule has 1 heterocycles. The summed E-state index contributed by atoms with van der Waals surface area (Å²) in [5.41, 5.74) is 7.46. The molecule has 4 aromatic carbocycles. The van der Waals surface area contributed by atoms with Crippen LogP contribution in [0.25, 0.3) is 22.6 Å².